The second kappa shape index (κ2) is 4.78. The van der Waals surface area contributed by atoms with Crippen LogP contribution in [0.15, 0.2) is 17.8 Å². The summed E-state index contributed by atoms with van der Waals surface area (Å²) in [6.45, 7) is 0. The maximum absolute atomic E-state index is 11.7. The number of carbonyl (C=O) groups is 1. The molecule has 0 saturated heterocycles. The van der Waals surface area contributed by atoms with Crippen molar-refractivity contribution in [3.05, 3.63) is 34.7 Å². The van der Waals surface area contributed by atoms with Gasteiger partial charge in [-0.1, -0.05) is 12.8 Å². The number of hydrogen-bond donors (Lipinski definition) is 1. The van der Waals surface area contributed by atoms with Gasteiger partial charge in [0.2, 0.25) is 0 Å². The van der Waals surface area contributed by atoms with E-state index < -0.39 is 6.10 Å². The molecule has 0 radical (unpaired) electrons. The highest BCUT2D eigenvalue weighted by Crippen LogP contribution is 2.37. The zero-order valence-electron chi connectivity index (χ0n) is 10.9. The molecule has 0 spiro atoms. The van der Waals surface area contributed by atoms with E-state index in [1.807, 2.05) is 6.08 Å². The fraction of sp³-hybridized carbons (Fsp3) is 0.467. The second-order valence-corrected chi connectivity index (χ2v) is 5.30. The molecule has 4 heteroatoms. The Kier molecular flexibility index (Phi) is 3.11. The Hall–Kier alpha value is -1.68. The van der Waals surface area contributed by atoms with Crippen LogP contribution in [0.2, 0.25) is 0 Å². The van der Waals surface area contributed by atoms with Crippen molar-refractivity contribution in [3.63, 3.8) is 0 Å². The Morgan fingerprint density at radius 3 is 3.05 bits per heavy atom. The first-order chi connectivity index (χ1) is 9.19. The summed E-state index contributed by atoms with van der Waals surface area (Å²) in [5.41, 5.74) is 3.18. The van der Waals surface area contributed by atoms with E-state index in [2.05, 4.69) is 4.98 Å². The lowest BCUT2D eigenvalue weighted by Crippen LogP contribution is -2.12. The number of aliphatic hydroxyl groups is 1. The average molecular weight is 259 g/mol. The van der Waals surface area contributed by atoms with E-state index >= 15 is 0 Å². The van der Waals surface area contributed by atoms with Gasteiger partial charge in [0, 0.05) is 6.20 Å². The van der Waals surface area contributed by atoms with Gasteiger partial charge in [-0.2, -0.15) is 0 Å². The molecule has 1 heterocycles. The fourth-order valence-electron chi connectivity index (χ4n) is 2.59. The SMILES string of the molecule is COC(=O)c1ccnc2c1CC(C(O)CC1CC1)=C2. The van der Waals surface area contributed by atoms with E-state index in [1.54, 1.807) is 12.3 Å². The lowest BCUT2D eigenvalue weighted by molar-refractivity contribution is 0.0599. The quantitative estimate of drug-likeness (QED) is 0.840. The Morgan fingerprint density at radius 2 is 2.37 bits per heavy atom. The molecule has 0 bridgehead atoms. The van der Waals surface area contributed by atoms with E-state index in [1.165, 1.54) is 20.0 Å². The highest BCUT2D eigenvalue weighted by molar-refractivity contribution is 5.92. The Balaban J connectivity index is 1.82. The summed E-state index contributed by atoms with van der Waals surface area (Å²) in [4.78, 5) is 16.0. The van der Waals surface area contributed by atoms with E-state index in [9.17, 15) is 9.90 Å². The molecule has 2 aliphatic rings. The van der Waals surface area contributed by atoms with Crippen molar-refractivity contribution in [1.29, 1.82) is 0 Å². The third kappa shape index (κ3) is 2.40. The summed E-state index contributed by atoms with van der Waals surface area (Å²) >= 11 is 0. The minimum absolute atomic E-state index is 0.343. The van der Waals surface area contributed by atoms with E-state index in [4.69, 9.17) is 4.74 Å². The number of hydrogen-bond acceptors (Lipinski definition) is 4. The first kappa shape index (κ1) is 12.4. The maximum atomic E-state index is 11.7. The molecule has 4 nitrogen and oxygen atoms in total. The van der Waals surface area contributed by atoms with E-state index in [0.717, 1.165) is 23.3 Å². The van der Waals surface area contributed by atoms with Crippen LogP contribution in [0, 0.1) is 5.92 Å². The van der Waals surface area contributed by atoms with Gasteiger partial charge in [-0.05, 0) is 42.0 Å². The molecule has 2 aliphatic carbocycles. The smallest absolute Gasteiger partial charge is 0.338 e. The van der Waals surface area contributed by atoms with Crippen LogP contribution in [-0.2, 0) is 11.2 Å². The number of methoxy groups -OCH3 is 1. The highest BCUT2D eigenvalue weighted by Gasteiger charge is 2.29. The van der Waals surface area contributed by atoms with Crippen molar-refractivity contribution >= 4 is 12.0 Å². The van der Waals surface area contributed by atoms with Crippen LogP contribution in [0.25, 0.3) is 6.08 Å². The summed E-state index contributed by atoms with van der Waals surface area (Å²) < 4.78 is 4.78. The zero-order valence-corrected chi connectivity index (χ0v) is 10.9. The molecular weight excluding hydrogens is 242 g/mol. The van der Waals surface area contributed by atoms with Gasteiger partial charge in [-0.3, -0.25) is 4.98 Å². The number of aromatic nitrogens is 1. The van der Waals surface area contributed by atoms with Gasteiger partial charge in [0.25, 0.3) is 0 Å². The number of aliphatic hydroxyl groups excluding tert-OH is 1. The molecule has 1 fully saturated rings. The minimum Gasteiger partial charge on any atom is -0.465 e. The summed E-state index contributed by atoms with van der Waals surface area (Å²) in [6, 6.07) is 1.68. The first-order valence-electron chi connectivity index (χ1n) is 6.63. The Bertz CT molecular complexity index is 546. The molecule has 0 aliphatic heterocycles. The van der Waals surface area contributed by atoms with Crippen LogP contribution in [0.3, 0.4) is 0 Å². The zero-order chi connectivity index (χ0) is 13.4. The van der Waals surface area contributed by atoms with Gasteiger partial charge >= 0.3 is 5.97 Å². The van der Waals surface area contributed by atoms with Gasteiger partial charge < -0.3 is 9.84 Å². The summed E-state index contributed by atoms with van der Waals surface area (Å²) in [7, 11) is 1.38. The van der Waals surface area contributed by atoms with Crippen molar-refractivity contribution < 1.29 is 14.6 Å². The molecule has 1 unspecified atom stereocenters. The molecule has 3 rings (SSSR count). The number of pyridine rings is 1. The molecule has 19 heavy (non-hydrogen) atoms. The molecular formula is C15H17NO3. The van der Waals surface area contributed by atoms with Crippen molar-refractivity contribution in [2.75, 3.05) is 7.11 Å². The van der Waals surface area contributed by atoms with Crippen molar-refractivity contribution in [2.45, 2.75) is 31.8 Å². The summed E-state index contributed by atoms with van der Waals surface area (Å²) in [5.74, 6) is 0.331. The number of fused-ring (bicyclic) bond motifs is 1. The third-order valence-electron chi connectivity index (χ3n) is 3.88. The molecule has 1 atom stereocenters. The molecule has 100 valence electrons. The minimum atomic E-state index is -0.410. The van der Waals surface area contributed by atoms with Crippen LogP contribution < -0.4 is 0 Å². The van der Waals surface area contributed by atoms with Gasteiger partial charge in [-0.25, -0.2) is 4.79 Å². The Morgan fingerprint density at radius 1 is 1.58 bits per heavy atom. The maximum Gasteiger partial charge on any atom is 0.338 e. The van der Waals surface area contributed by atoms with Gasteiger partial charge in [0.05, 0.1) is 24.5 Å². The number of carbonyl (C=O) groups excluding carboxylic acids is 1. The average Bonchev–Trinajstić information content (AvgIpc) is 3.12. The topological polar surface area (TPSA) is 59.4 Å². The van der Waals surface area contributed by atoms with Crippen molar-refractivity contribution in [2.24, 2.45) is 5.92 Å². The Labute approximate surface area is 112 Å². The fourth-order valence-corrected chi connectivity index (χ4v) is 2.59. The number of nitrogens with zero attached hydrogens (tertiary/aromatic N) is 1. The first-order valence-corrected chi connectivity index (χ1v) is 6.63. The standard InChI is InChI=1S/C15H17NO3/c1-19-15(18)11-4-5-16-13-8-10(7-12(11)13)14(17)6-9-2-3-9/h4-5,8-9,14,17H,2-3,6-7H2,1H3. The monoisotopic (exact) mass is 259 g/mol. The third-order valence-corrected chi connectivity index (χ3v) is 3.88. The number of esters is 1. The molecule has 1 aromatic heterocycles. The van der Waals surface area contributed by atoms with E-state index in [-0.39, 0.29) is 5.97 Å². The normalized spacial score (nSPS) is 18.7. The van der Waals surface area contributed by atoms with E-state index in [0.29, 0.717) is 17.9 Å². The van der Waals surface area contributed by atoms with Crippen LogP contribution in [0.4, 0.5) is 0 Å². The van der Waals surface area contributed by atoms with Crippen molar-refractivity contribution in [1.82, 2.24) is 4.98 Å². The molecule has 1 saturated carbocycles. The highest BCUT2D eigenvalue weighted by atomic mass is 16.5. The largest absolute Gasteiger partial charge is 0.465 e. The molecule has 0 aromatic carbocycles. The van der Waals surface area contributed by atoms with Crippen LogP contribution in [-0.4, -0.2) is 29.3 Å². The number of ether oxygens (including phenoxy) is 1. The van der Waals surface area contributed by atoms with Crippen molar-refractivity contribution in [3.8, 4) is 0 Å². The molecule has 1 N–H and O–H groups in total. The lowest BCUT2D eigenvalue weighted by atomic mass is 10.0. The summed E-state index contributed by atoms with van der Waals surface area (Å²) in [5, 5.41) is 10.2. The number of rotatable bonds is 4. The summed E-state index contributed by atoms with van der Waals surface area (Å²) in [6.07, 6.45) is 6.99. The van der Waals surface area contributed by atoms with Gasteiger partial charge in [0.1, 0.15) is 0 Å². The van der Waals surface area contributed by atoms with Crippen LogP contribution in [0.5, 0.6) is 0 Å². The van der Waals surface area contributed by atoms with Gasteiger partial charge in [-0.15, -0.1) is 0 Å². The van der Waals surface area contributed by atoms with Crippen LogP contribution in [0.1, 0.15) is 40.9 Å². The predicted molar refractivity (Wildman–Crippen MR) is 70.6 cm³/mol. The molecule has 0 amide bonds. The lowest BCUT2D eigenvalue weighted by Gasteiger charge is -2.11. The molecule has 1 aromatic rings. The van der Waals surface area contributed by atoms with Crippen LogP contribution >= 0.6 is 0 Å². The predicted octanol–water partition coefficient (Wildman–Crippen LogP) is 1.97. The van der Waals surface area contributed by atoms with Gasteiger partial charge in [0.15, 0.2) is 0 Å². The second-order valence-electron chi connectivity index (χ2n) is 5.30.